The summed E-state index contributed by atoms with van der Waals surface area (Å²) >= 11 is 0. The molecule has 3 unspecified atom stereocenters. The summed E-state index contributed by atoms with van der Waals surface area (Å²) in [4.78, 5) is 24.0. The van der Waals surface area contributed by atoms with Crippen LogP contribution in [0.25, 0.3) is 0 Å². The lowest BCUT2D eigenvalue weighted by Crippen LogP contribution is -2.61. The maximum atomic E-state index is 12.9. The van der Waals surface area contributed by atoms with E-state index in [0.717, 1.165) is 51.4 Å². The highest BCUT2D eigenvalue weighted by Crippen LogP contribution is 2.90. The van der Waals surface area contributed by atoms with E-state index in [9.17, 15) is 24.9 Å². The highest BCUT2D eigenvalue weighted by atomic mass is 16.8. The first-order valence-corrected chi connectivity index (χ1v) is 19.3. The van der Waals surface area contributed by atoms with Gasteiger partial charge in [-0.25, -0.2) is 0 Å². The number of aliphatic hydroxyl groups excluding tert-OH is 3. The van der Waals surface area contributed by atoms with Crippen LogP contribution in [0, 0.1) is 50.7 Å². The normalized spacial score (nSPS) is 55.8. The lowest BCUT2D eigenvalue weighted by atomic mass is 9.41. The molecule has 2 bridgehead atoms. The van der Waals surface area contributed by atoms with Gasteiger partial charge in [0.2, 0.25) is 0 Å². The van der Waals surface area contributed by atoms with Crippen molar-refractivity contribution >= 4 is 11.9 Å². The SMILES string of the molecule is CC(=O)O[C@H]1[C@H](O[C@H]2CC[C@]34C[C@]35CC[C@]3(C)C6[C@H](C)C[C@H]7O[C@@]6(O[C@@H]7C(C)(C)OC(C)=O)[C@H](O)[C@@]3(C)C5CCC4C2(C)C)OC[C@@H](O)[C@@H]1O. The summed E-state index contributed by atoms with van der Waals surface area (Å²) in [5.74, 6) is -1.07. The van der Waals surface area contributed by atoms with Gasteiger partial charge in [0, 0.05) is 25.2 Å². The van der Waals surface area contributed by atoms with Crippen LogP contribution in [0.1, 0.15) is 114 Å². The largest absolute Gasteiger partial charge is 0.457 e. The number of ether oxygens (including phenoxy) is 6. The fourth-order valence-corrected chi connectivity index (χ4v) is 14.7. The molecule has 3 N–H and O–H groups in total. The Labute approximate surface area is 296 Å². The lowest BCUT2D eigenvalue weighted by molar-refractivity contribution is -0.305. The molecular formula is C39H60O11. The Kier molecular flexibility index (Phi) is 7.76. The van der Waals surface area contributed by atoms with E-state index in [0.29, 0.717) is 11.8 Å². The molecule has 11 nitrogen and oxygen atoms in total. The summed E-state index contributed by atoms with van der Waals surface area (Å²) in [5, 5.41) is 33.8. The van der Waals surface area contributed by atoms with Crippen LogP contribution in [0.5, 0.6) is 0 Å². The van der Waals surface area contributed by atoms with Crippen LogP contribution in [-0.4, -0.2) is 94.3 Å². The minimum Gasteiger partial charge on any atom is -0.457 e. The zero-order chi connectivity index (χ0) is 36.2. The molecule has 17 atom stereocenters. The molecule has 0 aromatic rings. The first-order chi connectivity index (χ1) is 23.2. The van der Waals surface area contributed by atoms with E-state index in [-0.39, 0.29) is 58.3 Å². The fraction of sp³-hybridized carbons (Fsp3) is 0.949. The van der Waals surface area contributed by atoms with Gasteiger partial charge in [0.25, 0.3) is 0 Å². The summed E-state index contributed by atoms with van der Waals surface area (Å²) in [6.07, 6.45) is 1.64. The van der Waals surface area contributed by atoms with E-state index < -0.39 is 59.6 Å². The van der Waals surface area contributed by atoms with Gasteiger partial charge < -0.3 is 43.7 Å². The van der Waals surface area contributed by atoms with Crippen LogP contribution in [-0.2, 0) is 38.0 Å². The van der Waals surface area contributed by atoms with Crippen molar-refractivity contribution in [1.82, 2.24) is 0 Å². The molecule has 3 aliphatic heterocycles. The molecule has 0 radical (unpaired) electrons. The van der Waals surface area contributed by atoms with E-state index in [4.69, 9.17) is 28.4 Å². The Bertz CT molecular complexity index is 1430. The summed E-state index contributed by atoms with van der Waals surface area (Å²) in [7, 11) is 0. The maximum Gasteiger partial charge on any atom is 0.303 e. The molecule has 8 fully saturated rings. The first kappa shape index (κ1) is 35.7. The van der Waals surface area contributed by atoms with Gasteiger partial charge in [-0.1, -0.05) is 34.6 Å². The number of esters is 2. The molecule has 0 amide bonds. The van der Waals surface area contributed by atoms with Crippen LogP contribution in [0.4, 0.5) is 0 Å². The van der Waals surface area contributed by atoms with Crippen molar-refractivity contribution in [3.05, 3.63) is 0 Å². The van der Waals surface area contributed by atoms with E-state index >= 15 is 0 Å². The molecule has 3 saturated heterocycles. The first-order valence-electron chi connectivity index (χ1n) is 19.3. The molecule has 11 heteroatoms. The molecule has 282 valence electrons. The number of hydrogen-bond acceptors (Lipinski definition) is 11. The molecule has 0 aromatic heterocycles. The predicted octanol–water partition coefficient (Wildman–Crippen LogP) is 4.26. The van der Waals surface area contributed by atoms with Crippen molar-refractivity contribution < 1.29 is 53.3 Å². The Morgan fingerprint density at radius 3 is 2.24 bits per heavy atom. The van der Waals surface area contributed by atoms with Crippen molar-refractivity contribution in [2.45, 2.75) is 174 Å². The molecule has 5 saturated carbocycles. The van der Waals surface area contributed by atoms with Crippen molar-refractivity contribution in [1.29, 1.82) is 0 Å². The van der Waals surface area contributed by atoms with Crippen molar-refractivity contribution in [2.75, 3.05) is 6.61 Å². The van der Waals surface area contributed by atoms with Crippen LogP contribution < -0.4 is 0 Å². The number of carbonyl (C=O) groups excluding carboxylic acids is 2. The molecule has 3 heterocycles. The zero-order valence-corrected chi connectivity index (χ0v) is 31.4. The quantitative estimate of drug-likeness (QED) is 0.278. The van der Waals surface area contributed by atoms with Gasteiger partial charge in [0.05, 0.1) is 18.8 Å². The number of carbonyl (C=O) groups is 2. The number of fused-ring (bicyclic) bond motifs is 4. The van der Waals surface area contributed by atoms with Crippen LogP contribution in [0.15, 0.2) is 0 Å². The average molecular weight is 705 g/mol. The predicted molar refractivity (Wildman–Crippen MR) is 178 cm³/mol. The fourth-order valence-electron chi connectivity index (χ4n) is 14.7. The summed E-state index contributed by atoms with van der Waals surface area (Å²) in [6.45, 7) is 18.0. The van der Waals surface area contributed by atoms with E-state index in [1.165, 1.54) is 13.8 Å². The number of aliphatic hydroxyl groups is 3. The lowest BCUT2D eigenvalue weighted by Gasteiger charge is -2.63. The molecule has 50 heavy (non-hydrogen) atoms. The van der Waals surface area contributed by atoms with E-state index in [2.05, 4.69) is 34.6 Å². The Hall–Kier alpha value is -1.34. The highest BCUT2D eigenvalue weighted by Gasteiger charge is 2.88. The zero-order valence-electron chi connectivity index (χ0n) is 31.4. The van der Waals surface area contributed by atoms with Gasteiger partial charge >= 0.3 is 11.9 Å². The number of hydrogen-bond donors (Lipinski definition) is 3. The Morgan fingerprint density at radius 1 is 0.880 bits per heavy atom. The van der Waals surface area contributed by atoms with Crippen LogP contribution in [0.2, 0.25) is 0 Å². The molecule has 5 aliphatic carbocycles. The smallest absolute Gasteiger partial charge is 0.303 e. The van der Waals surface area contributed by atoms with Gasteiger partial charge in [-0.2, -0.15) is 0 Å². The summed E-state index contributed by atoms with van der Waals surface area (Å²) in [5.41, 5.74) is -1.51. The van der Waals surface area contributed by atoms with Gasteiger partial charge in [0.15, 0.2) is 18.2 Å². The molecule has 0 aromatic carbocycles. The van der Waals surface area contributed by atoms with Crippen LogP contribution >= 0.6 is 0 Å². The van der Waals surface area contributed by atoms with Gasteiger partial charge in [-0.05, 0) is 105 Å². The van der Waals surface area contributed by atoms with Crippen molar-refractivity contribution in [2.24, 2.45) is 50.7 Å². The van der Waals surface area contributed by atoms with Crippen molar-refractivity contribution in [3.63, 3.8) is 0 Å². The van der Waals surface area contributed by atoms with Gasteiger partial charge in [0.1, 0.15) is 30.0 Å². The Morgan fingerprint density at radius 2 is 1.56 bits per heavy atom. The maximum absolute atomic E-state index is 12.9. The van der Waals surface area contributed by atoms with Gasteiger partial charge in [-0.3, -0.25) is 9.59 Å². The summed E-state index contributed by atoms with van der Waals surface area (Å²) in [6, 6.07) is 0. The topological polar surface area (TPSA) is 150 Å². The molecule has 8 aliphatic rings. The van der Waals surface area contributed by atoms with Crippen molar-refractivity contribution in [3.8, 4) is 0 Å². The standard InChI is InChI=1S/C39H60O11/c1-19-16-23-30(34(6,7)48-21(3)41)50-39(49-23)29(19)35(8)14-15-38-18-37(38)13-12-26(47-31-28(46-20(2)40)27(43)22(42)17-45-31)33(4,5)24(37)10-11-25(38)36(35,9)32(39)44/h19,22-32,42-44H,10-18H2,1-9H3/t19-,22-,23-,24?,25?,26+,27+,28-,29?,30+,31+,32-,35-,36-,37-,38+,39+/m1/s1. The van der Waals surface area contributed by atoms with Gasteiger partial charge in [-0.15, -0.1) is 0 Å². The average Bonchev–Trinajstić information content (AvgIpc) is 3.53. The molecule has 3 spiro atoms. The third kappa shape index (κ3) is 4.29. The minimum absolute atomic E-state index is 0.0178. The number of rotatable bonds is 5. The Balaban J connectivity index is 1.08. The summed E-state index contributed by atoms with van der Waals surface area (Å²) < 4.78 is 37.7. The third-order valence-electron chi connectivity index (χ3n) is 16.6. The second kappa shape index (κ2) is 10.9. The third-order valence-corrected chi connectivity index (χ3v) is 16.6. The second-order valence-electron chi connectivity index (χ2n) is 19.4. The highest BCUT2D eigenvalue weighted by molar-refractivity contribution is 5.66. The monoisotopic (exact) mass is 704 g/mol. The van der Waals surface area contributed by atoms with E-state index in [1.807, 2.05) is 13.8 Å². The minimum atomic E-state index is -1.29. The molecular weight excluding hydrogens is 644 g/mol. The van der Waals surface area contributed by atoms with E-state index in [1.54, 1.807) is 0 Å². The second-order valence-corrected chi connectivity index (χ2v) is 19.4. The van der Waals surface area contributed by atoms with Crippen LogP contribution in [0.3, 0.4) is 0 Å². The molecule has 8 rings (SSSR count).